The number of aryl methyl sites for hydroxylation is 1. The highest BCUT2D eigenvalue weighted by Gasteiger charge is 2.06. The minimum Gasteiger partial charge on any atom is -0.357 e. The second kappa shape index (κ2) is 5.19. The third kappa shape index (κ3) is 2.72. The predicted molar refractivity (Wildman–Crippen MR) is 83.1 cm³/mol. The summed E-state index contributed by atoms with van der Waals surface area (Å²) in [7, 11) is 0. The number of benzene rings is 2. The number of rotatable bonds is 3. The predicted octanol–water partition coefficient (Wildman–Crippen LogP) is 4.87. The van der Waals surface area contributed by atoms with Gasteiger partial charge in [-0.2, -0.15) is 0 Å². The molecule has 2 aromatic carbocycles. The summed E-state index contributed by atoms with van der Waals surface area (Å²) >= 11 is 7.77. The first-order chi connectivity index (χ1) is 9.22. The van der Waals surface area contributed by atoms with Crippen LogP contribution in [0.1, 0.15) is 11.1 Å². The number of anilines is 1. The molecule has 19 heavy (non-hydrogen) atoms. The topological polar surface area (TPSA) is 24.9 Å². The van der Waals surface area contributed by atoms with Gasteiger partial charge in [0.25, 0.3) is 0 Å². The van der Waals surface area contributed by atoms with Gasteiger partial charge in [-0.15, -0.1) is 0 Å². The Bertz CT molecular complexity index is 668. The first kappa shape index (κ1) is 12.5. The minimum absolute atomic E-state index is 0.771. The van der Waals surface area contributed by atoms with Crippen LogP contribution < -0.4 is 5.32 Å². The summed E-state index contributed by atoms with van der Waals surface area (Å²) in [6.07, 6.45) is 0. The lowest BCUT2D eigenvalue weighted by molar-refractivity contribution is 1.14. The van der Waals surface area contributed by atoms with Crippen molar-refractivity contribution in [1.82, 2.24) is 4.98 Å². The SMILES string of the molecule is Cc1cc2sc(NCc3ccccc3)nc2cc1Cl. The van der Waals surface area contributed by atoms with Crippen molar-refractivity contribution < 1.29 is 0 Å². The fraction of sp³-hybridized carbons (Fsp3) is 0.133. The van der Waals surface area contributed by atoms with Crippen LogP contribution >= 0.6 is 22.9 Å². The molecule has 96 valence electrons. The Morgan fingerprint density at radius 3 is 2.79 bits per heavy atom. The molecule has 1 heterocycles. The van der Waals surface area contributed by atoms with Gasteiger partial charge < -0.3 is 5.32 Å². The average Bonchev–Trinajstić information content (AvgIpc) is 2.80. The molecule has 0 bridgehead atoms. The molecule has 0 unspecified atom stereocenters. The van der Waals surface area contributed by atoms with Gasteiger partial charge in [0.1, 0.15) is 0 Å². The quantitative estimate of drug-likeness (QED) is 0.744. The van der Waals surface area contributed by atoms with E-state index in [-0.39, 0.29) is 0 Å². The van der Waals surface area contributed by atoms with E-state index in [0.29, 0.717) is 0 Å². The minimum atomic E-state index is 0.771. The standard InChI is InChI=1S/C15H13ClN2S/c1-10-7-14-13(8-12(10)16)18-15(19-14)17-9-11-5-3-2-4-6-11/h2-8H,9H2,1H3,(H,17,18). The Morgan fingerprint density at radius 2 is 2.00 bits per heavy atom. The van der Waals surface area contributed by atoms with Gasteiger partial charge in [-0.1, -0.05) is 53.3 Å². The van der Waals surface area contributed by atoms with Crippen LogP contribution in [-0.2, 0) is 6.54 Å². The maximum atomic E-state index is 6.11. The van der Waals surface area contributed by atoms with E-state index >= 15 is 0 Å². The molecule has 0 atom stereocenters. The number of aromatic nitrogens is 1. The Balaban J connectivity index is 1.82. The summed E-state index contributed by atoms with van der Waals surface area (Å²) in [4.78, 5) is 4.55. The van der Waals surface area contributed by atoms with Gasteiger partial charge in [0.05, 0.1) is 10.2 Å². The molecule has 3 rings (SSSR count). The summed E-state index contributed by atoms with van der Waals surface area (Å²) < 4.78 is 1.16. The zero-order chi connectivity index (χ0) is 13.2. The Hall–Kier alpha value is -1.58. The van der Waals surface area contributed by atoms with E-state index in [2.05, 4.69) is 28.5 Å². The van der Waals surface area contributed by atoms with Gasteiger partial charge in [0, 0.05) is 11.6 Å². The van der Waals surface area contributed by atoms with E-state index in [1.54, 1.807) is 11.3 Å². The molecule has 1 aromatic heterocycles. The maximum absolute atomic E-state index is 6.11. The molecule has 0 saturated carbocycles. The largest absolute Gasteiger partial charge is 0.357 e. The van der Waals surface area contributed by atoms with Crippen LogP contribution in [0.3, 0.4) is 0 Å². The second-order valence-corrected chi connectivity index (χ2v) is 5.87. The van der Waals surface area contributed by atoms with Crippen LogP contribution in [0.4, 0.5) is 5.13 Å². The van der Waals surface area contributed by atoms with Crippen LogP contribution in [0, 0.1) is 6.92 Å². The number of nitrogens with zero attached hydrogens (tertiary/aromatic N) is 1. The number of halogens is 1. The number of hydrogen-bond acceptors (Lipinski definition) is 3. The lowest BCUT2D eigenvalue weighted by Crippen LogP contribution is -1.97. The molecule has 4 heteroatoms. The van der Waals surface area contributed by atoms with Crippen LogP contribution in [0.15, 0.2) is 42.5 Å². The van der Waals surface area contributed by atoms with Crippen molar-refractivity contribution >= 4 is 38.3 Å². The molecule has 0 fully saturated rings. The second-order valence-electron chi connectivity index (χ2n) is 4.43. The van der Waals surface area contributed by atoms with Gasteiger partial charge >= 0.3 is 0 Å². The van der Waals surface area contributed by atoms with Crippen molar-refractivity contribution in [2.45, 2.75) is 13.5 Å². The fourth-order valence-corrected chi connectivity index (χ4v) is 3.00. The van der Waals surface area contributed by atoms with E-state index in [4.69, 9.17) is 11.6 Å². The van der Waals surface area contributed by atoms with Crippen molar-refractivity contribution in [2.24, 2.45) is 0 Å². The van der Waals surface area contributed by atoms with Crippen LogP contribution in [0.2, 0.25) is 5.02 Å². The lowest BCUT2D eigenvalue weighted by Gasteiger charge is -2.01. The van der Waals surface area contributed by atoms with E-state index in [1.807, 2.05) is 31.2 Å². The first-order valence-electron chi connectivity index (χ1n) is 6.07. The first-order valence-corrected chi connectivity index (χ1v) is 7.26. The normalized spacial score (nSPS) is 10.8. The number of hydrogen-bond donors (Lipinski definition) is 1. The zero-order valence-corrected chi connectivity index (χ0v) is 12.1. The number of fused-ring (bicyclic) bond motifs is 1. The van der Waals surface area contributed by atoms with E-state index < -0.39 is 0 Å². The molecule has 0 aliphatic carbocycles. The Kier molecular flexibility index (Phi) is 3.40. The Morgan fingerprint density at radius 1 is 1.21 bits per heavy atom. The van der Waals surface area contributed by atoms with Gasteiger partial charge in [-0.25, -0.2) is 4.98 Å². The monoisotopic (exact) mass is 288 g/mol. The zero-order valence-electron chi connectivity index (χ0n) is 10.5. The summed E-state index contributed by atoms with van der Waals surface area (Å²) in [6.45, 7) is 2.80. The molecule has 1 N–H and O–H groups in total. The summed E-state index contributed by atoms with van der Waals surface area (Å²) in [5, 5.41) is 5.06. The molecule has 0 radical (unpaired) electrons. The Labute approximate surface area is 121 Å². The third-order valence-corrected chi connectivity index (χ3v) is 4.34. The number of thiazole rings is 1. The van der Waals surface area contributed by atoms with E-state index in [9.17, 15) is 0 Å². The van der Waals surface area contributed by atoms with Crippen molar-refractivity contribution in [3.05, 3.63) is 58.6 Å². The third-order valence-electron chi connectivity index (χ3n) is 2.96. The molecule has 3 aromatic rings. The number of nitrogens with one attached hydrogen (secondary N) is 1. The van der Waals surface area contributed by atoms with Crippen molar-refractivity contribution in [1.29, 1.82) is 0 Å². The van der Waals surface area contributed by atoms with Crippen LogP contribution in [0.25, 0.3) is 10.2 Å². The molecular formula is C15H13ClN2S. The van der Waals surface area contributed by atoms with Gasteiger partial charge in [-0.3, -0.25) is 0 Å². The van der Waals surface area contributed by atoms with Crippen molar-refractivity contribution in [3.63, 3.8) is 0 Å². The molecule has 0 aliphatic rings. The van der Waals surface area contributed by atoms with Crippen LogP contribution in [0.5, 0.6) is 0 Å². The highest BCUT2D eigenvalue weighted by Crippen LogP contribution is 2.30. The highest BCUT2D eigenvalue weighted by atomic mass is 35.5. The summed E-state index contributed by atoms with van der Waals surface area (Å²) in [6, 6.07) is 14.3. The van der Waals surface area contributed by atoms with Gasteiger partial charge in [0.15, 0.2) is 5.13 Å². The lowest BCUT2D eigenvalue weighted by atomic mass is 10.2. The van der Waals surface area contributed by atoms with Crippen LogP contribution in [-0.4, -0.2) is 4.98 Å². The van der Waals surface area contributed by atoms with Gasteiger partial charge in [-0.05, 0) is 30.2 Å². The van der Waals surface area contributed by atoms with E-state index in [0.717, 1.165) is 32.5 Å². The summed E-state index contributed by atoms with van der Waals surface area (Å²) in [5.41, 5.74) is 3.29. The molecule has 0 spiro atoms. The smallest absolute Gasteiger partial charge is 0.184 e. The summed E-state index contributed by atoms with van der Waals surface area (Å²) in [5.74, 6) is 0. The maximum Gasteiger partial charge on any atom is 0.184 e. The fourth-order valence-electron chi connectivity index (χ4n) is 1.90. The van der Waals surface area contributed by atoms with Crippen molar-refractivity contribution in [3.8, 4) is 0 Å². The average molecular weight is 289 g/mol. The molecule has 0 amide bonds. The van der Waals surface area contributed by atoms with Crippen molar-refractivity contribution in [2.75, 3.05) is 5.32 Å². The molecule has 0 aliphatic heterocycles. The van der Waals surface area contributed by atoms with Gasteiger partial charge in [0.2, 0.25) is 0 Å². The van der Waals surface area contributed by atoms with E-state index in [1.165, 1.54) is 5.56 Å². The highest BCUT2D eigenvalue weighted by molar-refractivity contribution is 7.22. The molecule has 0 saturated heterocycles. The molecule has 2 nitrogen and oxygen atoms in total. The molecular weight excluding hydrogens is 276 g/mol.